The standard InChI is InChI=1S/C16H30N4O2.ClH/c1-3-14(4-2)20-12-13(11-15(20)21)16(22)18-7-10-19-8-5-17-6-9-19;/h13-14,17H,3-12H2,1-2H3,(H,18,22);1H. The van der Waals surface area contributed by atoms with Crippen molar-refractivity contribution in [1.82, 2.24) is 20.4 Å². The number of piperazine rings is 1. The van der Waals surface area contributed by atoms with Gasteiger partial charge in [-0.25, -0.2) is 0 Å². The molecule has 0 spiro atoms. The fourth-order valence-electron chi connectivity index (χ4n) is 3.41. The Bertz CT molecular complexity index is 384. The minimum atomic E-state index is -0.170. The van der Waals surface area contributed by atoms with Crippen molar-refractivity contribution in [3.63, 3.8) is 0 Å². The maximum atomic E-state index is 12.3. The van der Waals surface area contributed by atoms with Crippen LogP contribution in [0.2, 0.25) is 0 Å². The Labute approximate surface area is 145 Å². The number of nitrogens with one attached hydrogen (secondary N) is 2. The first-order valence-electron chi connectivity index (χ1n) is 8.66. The Kier molecular flexibility index (Phi) is 8.87. The third-order valence-electron chi connectivity index (χ3n) is 4.85. The van der Waals surface area contributed by atoms with E-state index in [1.165, 1.54) is 0 Å². The Morgan fingerprint density at radius 3 is 2.57 bits per heavy atom. The lowest BCUT2D eigenvalue weighted by Crippen LogP contribution is -2.46. The highest BCUT2D eigenvalue weighted by Gasteiger charge is 2.36. The molecule has 6 nitrogen and oxygen atoms in total. The number of nitrogens with zero attached hydrogens (tertiary/aromatic N) is 2. The van der Waals surface area contributed by atoms with Crippen molar-refractivity contribution in [2.45, 2.75) is 39.2 Å². The van der Waals surface area contributed by atoms with Gasteiger partial charge in [0.15, 0.2) is 0 Å². The van der Waals surface area contributed by atoms with Gasteiger partial charge in [-0.1, -0.05) is 13.8 Å². The third kappa shape index (κ3) is 5.62. The first-order valence-corrected chi connectivity index (χ1v) is 8.66. The molecule has 0 bridgehead atoms. The van der Waals surface area contributed by atoms with Gasteiger partial charge in [0.25, 0.3) is 0 Å². The lowest BCUT2D eigenvalue weighted by molar-refractivity contribution is -0.130. The number of carbonyl (C=O) groups is 2. The molecule has 2 aliphatic heterocycles. The summed E-state index contributed by atoms with van der Waals surface area (Å²) in [7, 11) is 0. The van der Waals surface area contributed by atoms with E-state index in [4.69, 9.17) is 0 Å². The predicted molar refractivity (Wildman–Crippen MR) is 93.8 cm³/mol. The van der Waals surface area contributed by atoms with Crippen LogP contribution in [0.5, 0.6) is 0 Å². The van der Waals surface area contributed by atoms with Gasteiger partial charge >= 0.3 is 0 Å². The monoisotopic (exact) mass is 346 g/mol. The fourth-order valence-corrected chi connectivity index (χ4v) is 3.41. The van der Waals surface area contributed by atoms with Crippen molar-refractivity contribution in [2.75, 3.05) is 45.8 Å². The zero-order valence-corrected chi connectivity index (χ0v) is 15.2. The van der Waals surface area contributed by atoms with Crippen LogP contribution in [0.15, 0.2) is 0 Å². The smallest absolute Gasteiger partial charge is 0.225 e. The minimum Gasteiger partial charge on any atom is -0.355 e. The van der Waals surface area contributed by atoms with Gasteiger partial charge < -0.3 is 15.5 Å². The van der Waals surface area contributed by atoms with E-state index in [0.717, 1.165) is 45.6 Å². The first-order chi connectivity index (χ1) is 10.7. The van der Waals surface area contributed by atoms with E-state index in [1.807, 2.05) is 4.90 Å². The van der Waals surface area contributed by atoms with E-state index in [1.54, 1.807) is 0 Å². The molecule has 0 radical (unpaired) electrons. The summed E-state index contributed by atoms with van der Waals surface area (Å²) in [6.45, 7) is 10.5. The Morgan fingerprint density at radius 1 is 1.30 bits per heavy atom. The number of rotatable bonds is 7. The molecular formula is C16H31ClN4O2. The highest BCUT2D eigenvalue weighted by atomic mass is 35.5. The number of halogens is 1. The van der Waals surface area contributed by atoms with Gasteiger partial charge in [-0.2, -0.15) is 0 Å². The Balaban J connectivity index is 0.00000264. The van der Waals surface area contributed by atoms with Crippen LogP contribution in [-0.4, -0.2) is 73.5 Å². The van der Waals surface area contributed by atoms with Crippen molar-refractivity contribution >= 4 is 24.2 Å². The maximum absolute atomic E-state index is 12.3. The van der Waals surface area contributed by atoms with Crippen LogP contribution in [0.25, 0.3) is 0 Å². The average Bonchev–Trinajstić information content (AvgIpc) is 2.92. The summed E-state index contributed by atoms with van der Waals surface area (Å²) < 4.78 is 0. The zero-order chi connectivity index (χ0) is 15.9. The van der Waals surface area contributed by atoms with Crippen molar-refractivity contribution in [3.05, 3.63) is 0 Å². The fraction of sp³-hybridized carbons (Fsp3) is 0.875. The number of hydrogen-bond acceptors (Lipinski definition) is 4. The molecule has 2 amide bonds. The van der Waals surface area contributed by atoms with Gasteiger partial charge in [0.1, 0.15) is 0 Å². The number of hydrogen-bond donors (Lipinski definition) is 2. The van der Waals surface area contributed by atoms with Gasteiger partial charge in [-0.05, 0) is 12.8 Å². The predicted octanol–water partition coefficient (Wildman–Crippen LogP) is 0.467. The molecule has 1 atom stereocenters. The van der Waals surface area contributed by atoms with Crippen LogP contribution in [-0.2, 0) is 9.59 Å². The number of carbonyl (C=O) groups excluding carboxylic acids is 2. The number of likely N-dealkylation sites (tertiary alicyclic amines) is 1. The average molecular weight is 347 g/mol. The summed E-state index contributed by atoms with van der Waals surface area (Å²) in [6.07, 6.45) is 2.29. The van der Waals surface area contributed by atoms with Crippen molar-refractivity contribution in [3.8, 4) is 0 Å². The largest absolute Gasteiger partial charge is 0.355 e. The summed E-state index contributed by atoms with van der Waals surface area (Å²) in [5.74, 6) is 0.00372. The molecule has 0 aromatic carbocycles. The van der Waals surface area contributed by atoms with E-state index in [2.05, 4.69) is 29.4 Å². The van der Waals surface area contributed by atoms with E-state index < -0.39 is 0 Å². The number of amides is 2. The van der Waals surface area contributed by atoms with Crippen molar-refractivity contribution in [1.29, 1.82) is 0 Å². The van der Waals surface area contributed by atoms with E-state index in [-0.39, 0.29) is 36.2 Å². The molecule has 0 aromatic heterocycles. The quantitative estimate of drug-likeness (QED) is 0.703. The van der Waals surface area contributed by atoms with Crippen molar-refractivity contribution in [2.24, 2.45) is 5.92 Å². The highest BCUT2D eigenvalue weighted by Crippen LogP contribution is 2.23. The van der Waals surface area contributed by atoms with Gasteiger partial charge in [-0.15, -0.1) is 12.4 Å². The molecule has 0 aromatic rings. The highest BCUT2D eigenvalue weighted by molar-refractivity contribution is 5.89. The molecule has 1 unspecified atom stereocenters. The maximum Gasteiger partial charge on any atom is 0.225 e. The molecule has 2 saturated heterocycles. The van der Waals surface area contributed by atoms with Crippen LogP contribution < -0.4 is 10.6 Å². The van der Waals surface area contributed by atoms with Crippen LogP contribution in [0.3, 0.4) is 0 Å². The molecule has 0 saturated carbocycles. The van der Waals surface area contributed by atoms with E-state index >= 15 is 0 Å². The van der Waals surface area contributed by atoms with Crippen molar-refractivity contribution < 1.29 is 9.59 Å². The lowest BCUT2D eigenvalue weighted by atomic mass is 10.1. The Morgan fingerprint density at radius 2 is 1.96 bits per heavy atom. The van der Waals surface area contributed by atoms with E-state index in [9.17, 15) is 9.59 Å². The zero-order valence-electron chi connectivity index (χ0n) is 14.3. The second kappa shape index (κ2) is 10.1. The molecule has 2 aliphatic rings. The summed E-state index contributed by atoms with van der Waals surface area (Å²) in [5.41, 5.74) is 0. The van der Waals surface area contributed by atoms with Gasteiger partial charge in [0.05, 0.1) is 5.92 Å². The Hall–Kier alpha value is -0.850. The summed E-state index contributed by atoms with van der Waals surface area (Å²) in [4.78, 5) is 28.6. The molecule has 0 aliphatic carbocycles. The molecule has 23 heavy (non-hydrogen) atoms. The molecule has 134 valence electrons. The molecule has 2 N–H and O–H groups in total. The minimum absolute atomic E-state index is 0. The van der Waals surface area contributed by atoms with Crippen LogP contribution in [0.4, 0.5) is 0 Å². The summed E-state index contributed by atoms with van der Waals surface area (Å²) in [5, 5.41) is 6.33. The van der Waals surface area contributed by atoms with E-state index in [0.29, 0.717) is 19.5 Å². The molecule has 2 rings (SSSR count). The molecule has 2 heterocycles. The summed E-state index contributed by atoms with van der Waals surface area (Å²) >= 11 is 0. The molecular weight excluding hydrogens is 316 g/mol. The molecule has 2 fully saturated rings. The summed E-state index contributed by atoms with van der Waals surface area (Å²) in [6, 6.07) is 0.283. The second-order valence-electron chi connectivity index (χ2n) is 6.30. The lowest BCUT2D eigenvalue weighted by Gasteiger charge is -2.27. The van der Waals surface area contributed by atoms with Crippen LogP contribution in [0.1, 0.15) is 33.1 Å². The van der Waals surface area contributed by atoms with Crippen LogP contribution in [0, 0.1) is 5.92 Å². The van der Waals surface area contributed by atoms with Crippen LogP contribution >= 0.6 is 12.4 Å². The van der Waals surface area contributed by atoms with Gasteiger partial charge in [0, 0.05) is 58.3 Å². The normalized spacial score (nSPS) is 22.3. The second-order valence-corrected chi connectivity index (χ2v) is 6.30. The topological polar surface area (TPSA) is 64.7 Å². The SMILES string of the molecule is CCC(CC)N1CC(C(=O)NCCN2CCNCC2)CC1=O.Cl. The third-order valence-corrected chi connectivity index (χ3v) is 4.85. The van der Waals surface area contributed by atoms with Gasteiger partial charge in [-0.3, -0.25) is 14.5 Å². The first kappa shape index (κ1) is 20.2. The van der Waals surface area contributed by atoms with Gasteiger partial charge in [0.2, 0.25) is 11.8 Å². The molecule has 7 heteroatoms.